The van der Waals surface area contributed by atoms with E-state index in [1.165, 1.54) is 0 Å². The molecular formula is C12H10ClNS. The molecule has 0 spiro atoms. The first kappa shape index (κ1) is 10.4. The minimum absolute atomic E-state index is 0.760. The summed E-state index contributed by atoms with van der Waals surface area (Å²) in [4.78, 5) is 5.50. The minimum Gasteiger partial charge on any atom is -0.255 e. The van der Waals surface area contributed by atoms with Gasteiger partial charge in [0.25, 0.3) is 0 Å². The Kier molecular flexibility index (Phi) is 3.19. The van der Waals surface area contributed by atoms with Crippen molar-refractivity contribution < 1.29 is 0 Å². The van der Waals surface area contributed by atoms with Gasteiger partial charge in [0.1, 0.15) is 0 Å². The van der Waals surface area contributed by atoms with E-state index in [9.17, 15) is 0 Å². The van der Waals surface area contributed by atoms with Gasteiger partial charge in [0.15, 0.2) is 0 Å². The van der Waals surface area contributed by atoms with Crippen molar-refractivity contribution in [3.8, 4) is 0 Å². The Morgan fingerprint density at radius 2 is 2.20 bits per heavy atom. The van der Waals surface area contributed by atoms with Crippen LogP contribution in [-0.4, -0.2) is 6.21 Å². The van der Waals surface area contributed by atoms with Crippen LogP contribution in [0.4, 0.5) is 5.69 Å². The molecule has 0 aliphatic heterocycles. The molecule has 0 aliphatic rings. The number of aryl methyl sites for hydroxylation is 1. The lowest BCUT2D eigenvalue weighted by Gasteiger charge is -1.97. The monoisotopic (exact) mass is 235 g/mol. The normalized spacial score (nSPS) is 11.1. The maximum Gasteiger partial charge on any atom is 0.0645 e. The average Bonchev–Trinajstić information content (AvgIpc) is 2.73. The van der Waals surface area contributed by atoms with Crippen LogP contribution in [0.1, 0.15) is 10.4 Å². The van der Waals surface area contributed by atoms with Crippen molar-refractivity contribution in [1.82, 2.24) is 0 Å². The molecule has 0 saturated carbocycles. The largest absolute Gasteiger partial charge is 0.255 e. The molecule has 0 amide bonds. The summed E-state index contributed by atoms with van der Waals surface area (Å²) in [5.74, 6) is 0. The van der Waals surface area contributed by atoms with Crippen LogP contribution in [0, 0.1) is 6.92 Å². The number of thiophene rings is 1. The third-order valence-electron chi connectivity index (χ3n) is 2.04. The Bertz CT molecular complexity index is 474. The van der Waals surface area contributed by atoms with E-state index in [0.29, 0.717) is 0 Å². The van der Waals surface area contributed by atoms with Gasteiger partial charge in [-0.25, -0.2) is 0 Å². The second-order valence-electron chi connectivity index (χ2n) is 3.21. The van der Waals surface area contributed by atoms with Crippen LogP contribution in [0.25, 0.3) is 0 Å². The van der Waals surface area contributed by atoms with E-state index in [1.54, 1.807) is 11.3 Å². The summed E-state index contributed by atoms with van der Waals surface area (Å²) < 4.78 is 0. The molecule has 2 rings (SSSR count). The molecule has 0 unspecified atom stereocenters. The second-order valence-corrected chi connectivity index (χ2v) is 4.59. The predicted octanol–water partition coefficient (Wildman–Crippen LogP) is 4.46. The summed E-state index contributed by atoms with van der Waals surface area (Å²) in [6.45, 7) is 1.98. The first-order valence-corrected chi connectivity index (χ1v) is 5.85. The van der Waals surface area contributed by atoms with Gasteiger partial charge in [-0.05, 0) is 36.1 Å². The van der Waals surface area contributed by atoms with Crippen LogP contribution >= 0.6 is 22.9 Å². The summed E-state index contributed by atoms with van der Waals surface area (Å²) in [7, 11) is 0. The summed E-state index contributed by atoms with van der Waals surface area (Å²) in [6, 6.07) is 9.86. The van der Waals surface area contributed by atoms with Gasteiger partial charge in [-0.3, -0.25) is 4.99 Å². The molecule has 2 aromatic rings. The maximum absolute atomic E-state index is 6.00. The van der Waals surface area contributed by atoms with Gasteiger partial charge in [-0.2, -0.15) is 0 Å². The number of nitrogens with zero attached hydrogens (tertiary/aromatic N) is 1. The number of hydrogen-bond acceptors (Lipinski definition) is 2. The van der Waals surface area contributed by atoms with Crippen molar-refractivity contribution in [2.24, 2.45) is 4.99 Å². The van der Waals surface area contributed by atoms with Crippen LogP contribution in [0.3, 0.4) is 0 Å². The molecule has 0 saturated heterocycles. The molecule has 1 nitrogen and oxygen atoms in total. The van der Waals surface area contributed by atoms with Crippen LogP contribution in [0.5, 0.6) is 0 Å². The van der Waals surface area contributed by atoms with Crippen molar-refractivity contribution >= 4 is 34.8 Å². The Hall–Kier alpha value is -1.12. The van der Waals surface area contributed by atoms with E-state index in [4.69, 9.17) is 11.6 Å². The second kappa shape index (κ2) is 4.60. The van der Waals surface area contributed by atoms with E-state index in [-0.39, 0.29) is 0 Å². The van der Waals surface area contributed by atoms with Crippen molar-refractivity contribution in [3.63, 3.8) is 0 Å². The number of rotatable bonds is 2. The quantitative estimate of drug-likeness (QED) is 0.682. The molecule has 76 valence electrons. The fraction of sp³-hybridized carbons (Fsp3) is 0.0833. The number of hydrogen-bond donors (Lipinski definition) is 0. The maximum atomic E-state index is 6.00. The standard InChI is InChI=1S/C12H10ClNS/c1-9-4-5-10(7-12(9)13)14-8-11-3-2-6-15-11/h2-8H,1H3. The van der Waals surface area contributed by atoms with Gasteiger partial charge < -0.3 is 0 Å². The predicted molar refractivity (Wildman–Crippen MR) is 67.8 cm³/mol. The van der Waals surface area contributed by atoms with E-state index < -0.39 is 0 Å². The first-order valence-electron chi connectivity index (χ1n) is 4.59. The number of aliphatic imine (C=N–C) groups is 1. The van der Waals surface area contributed by atoms with Crippen LogP contribution in [-0.2, 0) is 0 Å². The summed E-state index contributed by atoms with van der Waals surface area (Å²) in [5, 5.41) is 2.79. The molecule has 0 bridgehead atoms. The minimum atomic E-state index is 0.760. The van der Waals surface area contributed by atoms with Crippen molar-refractivity contribution in [3.05, 3.63) is 51.2 Å². The Balaban J connectivity index is 2.21. The highest BCUT2D eigenvalue weighted by Crippen LogP contribution is 2.22. The highest BCUT2D eigenvalue weighted by Gasteiger charge is 1.95. The first-order chi connectivity index (χ1) is 7.25. The zero-order chi connectivity index (χ0) is 10.7. The van der Waals surface area contributed by atoms with Gasteiger partial charge in [0, 0.05) is 16.1 Å². The van der Waals surface area contributed by atoms with E-state index in [1.807, 2.05) is 48.9 Å². The molecule has 0 aliphatic carbocycles. The summed E-state index contributed by atoms with van der Waals surface area (Å²) in [5.41, 5.74) is 1.96. The zero-order valence-electron chi connectivity index (χ0n) is 8.27. The van der Waals surface area contributed by atoms with Gasteiger partial charge in [0.2, 0.25) is 0 Å². The highest BCUT2D eigenvalue weighted by atomic mass is 35.5. The summed E-state index contributed by atoms with van der Waals surface area (Å²) >= 11 is 7.67. The van der Waals surface area contributed by atoms with Gasteiger partial charge in [-0.1, -0.05) is 23.7 Å². The van der Waals surface area contributed by atoms with Gasteiger partial charge in [0.05, 0.1) is 5.69 Å². The molecular weight excluding hydrogens is 226 g/mol. The summed E-state index contributed by atoms with van der Waals surface area (Å²) in [6.07, 6.45) is 1.85. The fourth-order valence-corrected chi connectivity index (χ4v) is 1.92. The molecule has 0 radical (unpaired) electrons. The van der Waals surface area contributed by atoms with Crippen molar-refractivity contribution in [2.45, 2.75) is 6.92 Å². The lowest BCUT2D eigenvalue weighted by Crippen LogP contribution is -1.75. The third kappa shape index (κ3) is 2.67. The topological polar surface area (TPSA) is 12.4 Å². The molecule has 0 fully saturated rings. The van der Waals surface area contributed by atoms with Crippen LogP contribution in [0.2, 0.25) is 5.02 Å². The number of halogens is 1. The fourth-order valence-electron chi connectivity index (χ4n) is 1.16. The Morgan fingerprint density at radius 1 is 1.33 bits per heavy atom. The smallest absolute Gasteiger partial charge is 0.0645 e. The molecule has 15 heavy (non-hydrogen) atoms. The van der Waals surface area contributed by atoms with E-state index in [0.717, 1.165) is 21.2 Å². The molecule has 1 aromatic heterocycles. The highest BCUT2D eigenvalue weighted by molar-refractivity contribution is 7.11. The van der Waals surface area contributed by atoms with E-state index >= 15 is 0 Å². The van der Waals surface area contributed by atoms with Gasteiger partial charge in [-0.15, -0.1) is 11.3 Å². The van der Waals surface area contributed by atoms with Gasteiger partial charge >= 0.3 is 0 Å². The van der Waals surface area contributed by atoms with Crippen LogP contribution in [0.15, 0.2) is 40.7 Å². The molecule has 1 heterocycles. The third-order valence-corrected chi connectivity index (χ3v) is 3.25. The van der Waals surface area contributed by atoms with E-state index in [2.05, 4.69) is 4.99 Å². The number of benzene rings is 1. The molecule has 1 aromatic carbocycles. The molecule has 0 atom stereocenters. The average molecular weight is 236 g/mol. The van der Waals surface area contributed by atoms with Crippen molar-refractivity contribution in [2.75, 3.05) is 0 Å². The lowest BCUT2D eigenvalue weighted by molar-refractivity contribution is 1.44. The molecule has 0 N–H and O–H groups in total. The van der Waals surface area contributed by atoms with Crippen molar-refractivity contribution in [1.29, 1.82) is 0 Å². The Morgan fingerprint density at radius 3 is 2.87 bits per heavy atom. The zero-order valence-corrected chi connectivity index (χ0v) is 9.85. The SMILES string of the molecule is Cc1ccc(N=Cc2cccs2)cc1Cl. The Labute approximate surface area is 98.1 Å². The molecule has 3 heteroatoms. The lowest BCUT2D eigenvalue weighted by atomic mass is 10.2. The van der Waals surface area contributed by atoms with Crippen LogP contribution < -0.4 is 0 Å².